The molecule has 0 fully saturated rings. The van der Waals surface area contributed by atoms with Crippen LogP contribution in [-0.2, 0) is 14.9 Å². The van der Waals surface area contributed by atoms with Gasteiger partial charge < -0.3 is 19.5 Å². The molecule has 0 aromatic carbocycles. The van der Waals surface area contributed by atoms with Gasteiger partial charge in [-0.1, -0.05) is 66.2 Å². The third-order valence-corrected chi connectivity index (χ3v) is 7.08. The highest BCUT2D eigenvalue weighted by atomic mass is 32.2. The zero-order valence-electron chi connectivity index (χ0n) is 22.3. The molecule has 9 heteroatoms. The van der Waals surface area contributed by atoms with Gasteiger partial charge in [0.1, 0.15) is 6.61 Å². The lowest BCUT2D eigenvalue weighted by Gasteiger charge is -2.24. The molecule has 0 aliphatic carbocycles. The SMILES string of the molecule is CC(C)CCCCCNCCCCCC(C)C.O=S(=O)(O)CCCOCC1COc2cscc2O1. The van der Waals surface area contributed by atoms with Gasteiger partial charge in [0.05, 0.1) is 12.4 Å². The Morgan fingerprint density at radius 3 is 2.14 bits per heavy atom. The molecule has 0 saturated heterocycles. The Balaban J connectivity index is 0.000000351. The van der Waals surface area contributed by atoms with Crippen molar-refractivity contribution in [1.82, 2.24) is 5.32 Å². The van der Waals surface area contributed by atoms with Crippen LogP contribution in [0.5, 0.6) is 11.5 Å². The lowest BCUT2D eigenvalue weighted by molar-refractivity contribution is 0.00976. The molecule has 1 aromatic rings. The Labute approximate surface area is 218 Å². The van der Waals surface area contributed by atoms with E-state index in [-0.39, 0.29) is 24.9 Å². The molecule has 0 saturated carbocycles. The minimum absolute atomic E-state index is 0.183. The van der Waals surface area contributed by atoms with E-state index in [1.54, 1.807) is 0 Å². The van der Waals surface area contributed by atoms with Gasteiger partial charge in [0.25, 0.3) is 10.1 Å². The van der Waals surface area contributed by atoms with Gasteiger partial charge in [0.2, 0.25) is 0 Å². The molecule has 206 valence electrons. The van der Waals surface area contributed by atoms with Crippen LogP contribution in [0.3, 0.4) is 0 Å². The number of ether oxygens (including phenoxy) is 3. The highest BCUT2D eigenvalue weighted by molar-refractivity contribution is 7.85. The first-order valence-corrected chi connectivity index (χ1v) is 15.8. The van der Waals surface area contributed by atoms with Gasteiger partial charge in [0.15, 0.2) is 17.6 Å². The summed E-state index contributed by atoms with van der Waals surface area (Å²) >= 11 is 1.51. The largest absolute Gasteiger partial charge is 0.485 e. The number of hydrogen-bond donors (Lipinski definition) is 2. The van der Waals surface area contributed by atoms with E-state index >= 15 is 0 Å². The van der Waals surface area contributed by atoms with E-state index in [1.807, 2.05) is 10.8 Å². The standard InChI is InChI=1S/C16H35N.C10H14O6S2/c1-15(2)11-7-5-9-13-17-14-10-6-8-12-16(3)4;11-18(12,13)3-1-2-14-4-8-5-15-9-6-17-7-10(9)16-8/h15-17H,5-14H2,1-4H3;6-8H,1-5H2,(H,11,12,13). The first-order valence-electron chi connectivity index (χ1n) is 13.3. The van der Waals surface area contributed by atoms with Crippen LogP contribution in [0.25, 0.3) is 0 Å². The fourth-order valence-corrected chi connectivity index (χ4v) is 4.74. The van der Waals surface area contributed by atoms with Gasteiger partial charge >= 0.3 is 0 Å². The summed E-state index contributed by atoms with van der Waals surface area (Å²) in [5, 5.41) is 7.30. The third-order valence-electron chi connectivity index (χ3n) is 5.58. The second-order valence-electron chi connectivity index (χ2n) is 10.1. The average molecular weight is 536 g/mol. The van der Waals surface area contributed by atoms with Crippen LogP contribution in [-0.4, -0.2) is 57.7 Å². The molecule has 0 radical (unpaired) electrons. The highest BCUT2D eigenvalue weighted by Crippen LogP contribution is 2.35. The lowest BCUT2D eigenvalue weighted by Crippen LogP contribution is -2.33. The predicted molar refractivity (Wildman–Crippen MR) is 146 cm³/mol. The molecule has 0 bridgehead atoms. The van der Waals surface area contributed by atoms with Crippen molar-refractivity contribution in [3.63, 3.8) is 0 Å². The molecular formula is C26H49NO6S2. The molecular weight excluding hydrogens is 486 g/mol. The van der Waals surface area contributed by atoms with E-state index in [0.29, 0.717) is 13.2 Å². The molecule has 2 rings (SSSR count). The highest BCUT2D eigenvalue weighted by Gasteiger charge is 2.21. The molecule has 1 unspecified atom stereocenters. The zero-order chi connectivity index (χ0) is 25.9. The zero-order valence-corrected chi connectivity index (χ0v) is 23.9. The predicted octanol–water partition coefficient (Wildman–Crippen LogP) is 6.19. The van der Waals surface area contributed by atoms with Crippen LogP contribution in [0.15, 0.2) is 10.8 Å². The molecule has 35 heavy (non-hydrogen) atoms. The van der Waals surface area contributed by atoms with Gasteiger partial charge in [-0.15, -0.1) is 11.3 Å². The Bertz CT molecular complexity index is 720. The summed E-state index contributed by atoms with van der Waals surface area (Å²) < 4.78 is 45.8. The molecule has 1 aromatic heterocycles. The van der Waals surface area contributed by atoms with Crippen LogP contribution >= 0.6 is 11.3 Å². The quantitative estimate of drug-likeness (QED) is 0.171. The van der Waals surface area contributed by atoms with Gasteiger partial charge in [-0.3, -0.25) is 4.55 Å². The number of unbranched alkanes of at least 4 members (excludes halogenated alkanes) is 4. The number of hydrogen-bond acceptors (Lipinski definition) is 7. The van der Waals surface area contributed by atoms with Crippen molar-refractivity contribution in [1.29, 1.82) is 0 Å². The Hall–Kier alpha value is -0.870. The maximum Gasteiger partial charge on any atom is 0.264 e. The second kappa shape index (κ2) is 19.3. The van der Waals surface area contributed by atoms with Crippen molar-refractivity contribution in [2.24, 2.45) is 11.8 Å². The van der Waals surface area contributed by atoms with Crippen LogP contribution in [0, 0.1) is 11.8 Å². The molecule has 1 aliphatic heterocycles. The molecule has 0 amide bonds. The summed E-state index contributed by atoms with van der Waals surface area (Å²) in [5.74, 6) is 2.94. The average Bonchev–Trinajstić information content (AvgIpc) is 3.24. The van der Waals surface area contributed by atoms with Crippen molar-refractivity contribution in [2.45, 2.75) is 91.6 Å². The molecule has 0 spiro atoms. The topological polar surface area (TPSA) is 94.1 Å². The van der Waals surface area contributed by atoms with E-state index in [9.17, 15) is 8.42 Å². The summed E-state index contributed by atoms with van der Waals surface area (Å²) in [6.45, 7) is 12.7. The van der Waals surface area contributed by atoms with Crippen molar-refractivity contribution < 1.29 is 27.2 Å². The summed E-state index contributed by atoms with van der Waals surface area (Å²) in [6, 6.07) is 0. The third kappa shape index (κ3) is 19.0. The van der Waals surface area contributed by atoms with E-state index in [0.717, 1.165) is 23.3 Å². The molecule has 1 aliphatic rings. The Morgan fingerprint density at radius 2 is 1.57 bits per heavy atom. The van der Waals surface area contributed by atoms with Crippen LogP contribution in [0.4, 0.5) is 0 Å². The summed E-state index contributed by atoms with van der Waals surface area (Å²) in [4.78, 5) is 0. The van der Waals surface area contributed by atoms with Crippen molar-refractivity contribution in [2.75, 3.05) is 38.7 Å². The van der Waals surface area contributed by atoms with Gasteiger partial charge in [-0.05, 0) is 44.2 Å². The van der Waals surface area contributed by atoms with Crippen LogP contribution in [0.2, 0.25) is 0 Å². The number of nitrogens with one attached hydrogen (secondary N) is 1. The maximum atomic E-state index is 10.5. The maximum absolute atomic E-state index is 10.5. The molecule has 2 N–H and O–H groups in total. The van der Waals surface area contributed by atoms with Gasteiger partial charge in [-0.25, -0.2) is 0 Å². The smallest absolute Gasteiger partial charge is 0.264 e. The molecule has 7 nitrogen and oxygen atoms in total. The van der Waals surface area contributed by atoms with Gasteiger partial charge in [0, 0.05) is 17.4 Å². The van der Waals surface area contributed by atoms with E-state index in [1.165, 1.54) is 75.8 Å². The van der Waals surface area contributed by atoms with E-state index < -0.39 is 10.1 Å². The van der Waals surface area contributed by atoms with Crippen molar-refractivity contribution in [3.05, 3.63) is 10.8 Å². The Kier molecular flexibility index (Phi) is 17.7. The number of rotatable bonds is 18. The number of thiophene rings is 1. The summed E-state index contributed by atoms with van der Waals surface area (Å²) in [6.07, 6.45) is 11.2. The van der Waals surface area contributed by atoms with Crippen molar-refractivity contribution >= 4 is 21.5 Å². The Morgan fingerprint density at radius 1 is 0.971 bits per heavy atom. The molecule has 1 atom stereocenters. The summed E-state index contributed by atoms with van der Waals surface area (Å²) in [7, 11) is -3.90. The fourth-order valence-electron chi connectivity index (χ4n) is 3.59. The van der Waals surface area contributed by atoms with E-state index in [2.05, 4.69) is 33.0 Å². The fraction of sp³-hybridized carbons (Fsp3) is 0.846. The van der Waals surface area contributed by atoms with Gasteiger partial charge in [-0.2, -0.15) is 8.42 Å². The molecule has 2 heterocycles. The normalized spacial score (nSPS) is 15.3. The van der Waals surface area contributed by atoms with Crippen LogP contribution < -0.4 is 14.8 Å². The summed E-state index contributed by atoms with van der Waals surface area (Å²) in [5.41, 5.74) is 0. The second-order valence-corrected chi connectivity index (χ2v) is 12.4. The first kappa shape index (κ1) is 32.2. The monoisotopic (exact) mass is 535 g/mol. The minimum atomic E-state index is -3.90. The van der Waals surface area contributed by atoms with E-state index in [4.69, 9.17) is 18.8 Å². The first-order chi connectivity index (χ1) is 16.7. The number of fused-ring (bicyclic) bond motifs is 1. The minimum Gasteiger partial charge on any atom is -0.485 e. The lowest BCUT2D eigenvalue weighted by atomic mass is 10.1. The van der Waals surface area contributed by atoms with Crippen LogP contribution in [0.1, 0.15) is 85.5 Å². The van der Waals surface area contributed by atoms with Crippen molar-refractivity contribution in [3.8, 4) is 11.5 Å².